The second kappa shape index (κ2) is 6.58. The third-order valence-corrected chi connectivity index (χ3v) is 3.47. The van der Waals surface area contributed by atoms with Crippen molar-refractivity contribution in [1.82, 2.24) is 0 Å². The maximum atomic E-state index is 12.3. The molecule has 3 rings (SSSR count). The van der Waals surface area contributed by atoms with Gasteiger partial charge in [-0.25, -0.2) is 9.69 Å². The number of urea groups is 1. The lowest BCUT2D eigenvalue weighted by atomic mass is 10.2. The first-order chi connectivity index (χ1) is 11.2. The molecule has 1 aliphatic heterocycles. The van der Waals surface area contributed by atoms with E-state index >= 15 is 0 Å². The van der Waals surface area contributed by atoms with Crippen molar-refractivity contribution < 1.29 is 19.1 Å². The summed E-state index contributed by atoms with van der Waals surface area (Å²) in [5.74, 6) is 1.18. The minimum atomic E-state index is -0.584. The van der Waals surface area contributed by atoms with E-state index in [1.54, 1.807) is 42.5 Å². The third kappa shape index (κ3) is 3.37. The Hall–Kier alpha value is -2.73. The fraction of sp³-hybridized carbons (Fsp3) is 0.125. The van der Waals surface area contributed by atoms with E-state index in [0.717, 1.165) is 4.90 Å². The molecule has 0 atom stereocenters. The van der Waals surface area contributed by atoms with Crippen LogP contribution in [0, 0.1) is 0 Å². The maximum Gasteiger partial charge on any atom is 0.332 e. The lowest BCUT2D eigenvalue weighted by Crippen LogP contribution is -2.33. The Morgan fingerprint density at radius 3 is 2.48 bits per heavy atom. The van der Waals surface area contributed by atoms with Crippen molar-refractivity contribution in [2.75, 3.05) is 23.4 Å². The van der Waals surface area contributed by atoms with Crippen molar-refractivity contribution in [2.45, 2.75) is 0 Å². The Bertz CT molecular complexity index is 733. The SMILES string of the molecule is O=CN(C(=O)Nc1ccc2c(c1)OCCO2)c1ccc(Cl)cc1. The first-order valence-electron chi connectivity index (χ1n) is 6.88. The molecular weight excluding hydrogens is 320 g/mol. The smallest absolute Gasteiger partial charge is 0.332 e. The summed E-state index contributed by atoms with van der Waals surface area (Å²) in [6.07, 6.45) is 0.441. The van der Waals surface area contributed by atoms with Gasteiger partial charge in [-0.05, 0) is 36.4 Å². The van der Waals surface area contributed by atoms with Gasteiger partial charge in [-0.1, -0.05) is 11.6 Å². The highest BCUT2D eigenvalue weighted by molar-refractivity contribution is 6.30. The van der Waals surface area contributed by atoms with Crippen LogP contribution in [0.15, 0.2) is 42.5 Å². The van der Waals surface area contributed by atoms with Crippen LogP contribution in [-0.2, 0) is 4.79 Å². The lowest BCUT2D eigenvalue weighted by molar-refractivity contribution is -0.106. The molecular formula is C16H13ClN2O4. The van der Waals surface area contributed by atoms with Crippen molar-refractivity contribution in [3.63, 3.8) is 0 Å². The highest BCUT2D eigenvalue weighted by atomic mass is 35.5. The Kier molecular flexibility index (Phi) is 4.34. The van der Waals surface area contributed by atoms with Crippen LogP contribution in [0.1, 0.15) is 0 Å². The minimum absolute atomic E-state index is 0.416. The number of ether oxygens (including phenoxy) is 2. The molecule has 3 amide bonds. The van der Waals surface area contributed by atoms with E-state index in [1.165, 1.54) is 0 Å². The Morgan fingerprint density at radius 1 is 1.09 bits per heavy atom. The van der Waals surface area contributed by atoms with E-state index < -0.39 is 6.03 Å². The molecule has 0 radical (unpaired) electrons. The molecule has 1 N–H and O–H groups in total. The molecule has 0 spiro atoms. The number of amides is 3. The first-order valence-corrected chi connectivity index (χ1v) is 7.26. The minimum Gasteiger partial charge on any atom is -0.486 e. The van der Waals surface area contributed by atoms with Crippen LogP contribution in [0.3, 0.4) is 0 Å². The fourth-order valence-corrected chi connectivity index (χ4v) is 2.26. The maximum absolute atomic E-state index is 12.3. The first kappa shape index (κ1) is 15.2. The van der Waals surface area contributed by atoms with E-state index in [9.17, 15) is 9.59 Å². The van der Waals surface area contributed by atoms with Crippen molar-refractivity contribution in [3.05, 3.63) is 47.5 Å². The monoisotopic (exact) mass is 332 g/mol. The van der Waals surface area contributed by atoms with Crippen molar-refractivity contribution in [1.29, 1.82) is 0 Å². The van der Waals surface area contributed by atoms with E-state index in [0.29, 0.717) is 47.5 Å². The standard InChI is InChI=1S/C16H13ClN2O4/c17-11-1-4-13(5-2-11)19(10-20)16(21)18-12-3-6-14-15(9-12)23-8-7-22-14/h1-6,9-10H,7-8H2,(H,18,21). The van der Waals surface area contributed by atoms with Gasteiger partial charge in [0.2, 0.25) is 6.41 Å². The molecule has 0 saturated heterocycles. The van der Waals surface area contributed by atoms with Crippen LogP contribution in [0.25, 0.3) is 0 Å². The molecule has 23 heavy (non-hydrogen) atoms. The molecule has 1 heterocycles. The highest BCUT2D eigenvalue weighted by Gasteiger charge is 2.17. The summed E-state index contributed by atoms with van der Waals surface area (Å²) in [6, 6.07) is 10.8. The lowest BCUT2D eigenvalue weighted by Gasteiger charge is -2.20. The normalized spacial score (nSPS) is 12.4. The Morgan fingerprint density at radius 2 is 1.78 bits per heavy atom. The van der Waals surface area contributed by atoms with E-state index in [1.807, 2.05) is 0 Å². The number of carbonyl (C=O) groups excluding carboxylic acids is 2. The van der Waals surface area contributed by atoms with Gasteiger partial charge < -0.3 is 14.8 Å². The average molecular weight is 333 g/mol. The summed E-state index contributed by atoms with van der Waals surface area (Å²) >= 11 is 5.80. The van der Waals surface area contributed by atoms with E-state index in [2.05, 4.69) is 5.32 Å². The zero-order valence-corrected chi connectivity index (χ0v) is 12.7. The second-order valence-electron chi connectivity index (χ2n) is 4.74. The summed E-state index contributed by atoms with van der Waals surface area (Å²) in [5.41, 5.74) is 0.916. The van der Waals surface area contributed by atoms with Crippen LogP contribution < -0.4 is 19.7 Å². The van der Waals surface area contributed by atoms with Gasteiger partial charge in [0.25, 0.3) is 0 Å². The van der Waals surface area contributed by atoms with E-state index in [4.69, 9.17) is 21.1 Å². The Labute approximate surface area is 137 Å². The molecule has 2 aromatic carbocycles. The molecule has 118 valence electrons. The summed E-state index contributed by atoms with van der Waals surface area (Å²) in [6.45, 7) is 0.948. The zero-order chi connectivity index (χ0) is 16.2. The molecule has 0 aromatic heterocycles. The largest absolute Gasteiger partial charge is 0.486 e. The quantitative estimate of drug-likeness (QED) is 0.876. The number of benzene rings is 2. The van der Waals surface area contributed by atoms with Crippen molar-refractivity contribution in [3.8, 4) is 11.5 Å². The number of nitrogens with zero attached hydrogens (tertiary/aromatic N) is 1. The van der Waals surface area contributed by atoms with Crippen LogP contribution in [-0.4, -0.2) is 25.7 Å². The van der Waals surface area contributed by atoms with Gasteiger partial charge in [0.05, 0.1) is 5.69 Å². The zero-order valence-electron chi connectivity index (χ0n) is 12.0. The van der Waals surface area contributed by atoms with Gasteiger partial charge in [-0.15, -0.1) is 0 Å². The number of halogens is 1. The number of hydrogen-bond donors (Lipinski definition) is 1. The van der Waals surface area contributed by atoms with Crippen LogP contribution in [0.4, 0.5) is 16.2 Å². The summed E-state index contributed by atoms with van der Waals surface area (Å²) in [4.78, 5) is 24.5. The predicted molar refractivity (Wildman–Crippen MR) is 86.4 cm³/mol. The molecule has 7 heteroatoms. The van der Waals surface area contributed by atoms with Gasteiger partial charge in [-0.3, -0.25) is 4.79 Å². The number of imide groups is 1. The van der Waals surface area contributed by atoms with Crippen LogP contribution in [0.2, 0.25) is 5.02 Å². The van der Waals surface area contributed by atoms with Crippen molar-refractivity contribution >= 4 is 35.4 Å². The second-order valence-corrected chi connectivity index (χ2v) is 5.18. The molecule has 2 aromatic rings. The molecule has 1 aliphatic rings. The summed E-state index contributed by atoms with van der Waals surface area (Å²) < 4.78 is 10.9. The number of nitrogens with one attached hydrogen (secondary N) is 1. The van der Waals surface area contributed by atoms with Crippen LogP contribution >= 0.6 is 11.6 Å². The summed E-state index contributed by atoms with van der Waals surface area (Å²) in [5, 5.41) is 3.16. The average Bonchev–Trinajstić information content (AvgIpc) is 2.57. The number of rotatable bonds is 3. The molecule has 0 aliphatic carbocycles. The van der Waals surface area contributed by atoms with E-state index in [-0.39, 0.29) is 0 Å². The van der Waals surface area contributed by atoms with Gasteiger partial charge in [0.15, 0.2) is 11.5 Å². The van der Waals surface area contributed by atoms with Gasteiger partial charge in [0.1, 0.15) is 13.2 Å². The highest BCUT2D eigenvalue weighted by Crippen LogP contribution is 2.32. The Balaban J connectivity index is 1.77. The molecule has 0 unspecified atom stereocenters. The summed E-state index contributed by atoms with van der Waals surface area (Å²) in [7, 11) is 0. The molecule has 0 bridgehead atoms. The number of fused-ring (bicyclic) bond motifs is 1. The molecule has 6 nitrogen and oxygen atoms in total. The van der Waals surface area contributed by atoms with Gasteiger partial charge >= 0.3 is 6.03 Å². The number of anilines is 2. The number of carbonyl (C=O) groups is 2. The van der Waals surface area contributed by atoms with Crippen molar-refractivity contribution in [2.24, 2.45) is 0 Å². The van der Waals surface area contributed by atoms with Crippen LogP contribution in [0.5, 0.6) is 11.5 Å². The molecule has 0 saturated carbocycles. The molecule has 0 fully saturated rings. The van der Waals surface area contributed by atoms with Gasteiger partial charge in [-0.2, -0.15) is 0 Å². The topological polar surface area (TPSA) is 67.9 Å². The fourth-order valence-electron chi connectivity index (χ4n) is 2.13. The third-order valence-electron chi connectivity index (χ3n) is 3.22. The number of hydrogen-bond acceptors (Lipinski definition) is 4. The van der Waals surface area contributed by atoms with Gasteiger partial charge in [0, 0.05) is 16.8 Å². The predicted octanol–water partition coefficient (Wildman–Crippen LogP) is 3.31.